The number of nitrogens with zero attached hydrogens (tertiary/aromatic N) is 2. The van der Waals surface area contributed by atoms with Crippen LogP contribution in [-0.2, 0) is 17.8 Å². The van der Waals surface area contributed by atoms with Gasteiger partial charge in [0, 0.05) is 25.9 Å². The normalized spacial score (nSPS) is 10.4. The zero-order valence-corrected chi connectivity index (χ0v) is 13.7. The molecule has 0 bridgehead atoms. The van der Waals surface area contributed by atoms with Crippen molar-refractivity contribution in [1.29, 1.82) is 0 Å². The summed E-state index contributed by atoms with van der Waals surface area (Å²) in [5.41, 5.74) is 1.10. The number of halogens is 1. The summed E-state index contributed by atoms with van der Waals surface area (Å²) < 4.78 is 6.09. The Morgan fingerprint density at radius 1 is 1.48 bits per heavy atom. The van der Waals surface area contributed by atoms with Crippen molar-refractivity contribution in [3.8, 4) is 5.75 Å². The van der Waals surface area contributed by atoms with E-state index in [4.69, 9.17) is 4.74 Å². The monoisotopic (exact) mass is 351 g/mol. The molecule has 21 heavy (non-hydrogen) atoms. The maximum Gasteiger partial charge on any atom is 0.223 e. The zero-order chi connectivity index (χ0) is 15.2. The summed E-state index contributed by atoms with van der Waals surface area (Å²) in [6.45, 7) is 0.498. The van der Waals surface area contributed by atoms with E-state index in [1.54, 1.807) is 31.5 Å². The summed E-state index contributed by atoms with van der Waals surface area (Å²) in [5.74, 6) is 1.68. The number of aromatic nitrogens is 2. The first-order valence-corrected chi connectivity index (χ1v) is 7.44. The molecule has 0 saturated carbocycles. The third-order valence-corrected chi connectivity index (χ3v) is 3.83. The Balaban J connectivity index is 1.87. The van der Waals surface area contributed by atoms with Gasteiger partial charge in [-0.1, -0.05) is 6.07 Å². The highest BCUT2D eigenvalue weighted by Gasteiger charge is 2.11. The highest BCUT2D eigenvalue weighted by Crippen LogP contribution is 2.26. The van der Waals surface area contributed by atoms with E-state index >= 15 is 0 Å². The first-order valence-electron chi connectivity index (χ1n) is 6.65. The Hall–Kier alpha value is -1.82. The standard InChI is InChI=1S/C15H18BrN3O2/c1-19(10-14-17-7-8-18-14)15(20)6-4-11-3-5-13(21-2)12(16)9-11/h3,5,7-9H,4,6,10H2,1-2H3,(H,17,18). The molecule has 1 heterocycles. The summed E-state index contributed by atoms with van der Waals surface area (Å²) in [7, 11) is 3.42. The van der Waals surface area contributed by atoms with E-state index in [0.29, 0.717) is 19.4 Å². The minimum Gasteiger partial charge on any atom is -0.496 e. The second kappa shape index (κ2) is 7.26. The molecule has 5 nitrogen and oxygen atoms in total. The van der Waals surface area contributed by atoms with Crippen LogP contribution >= 0.6 is 15.9 Å². The van der Waals surface area contributed by atoms with Crippen LogP contribution in [0.4, 0.5) is 0 Å². The van der Waals surface area contributed by atoms with Crippen LogP contribution in [0.1, 0.15) is 17.8 Å². The maximum absolute atomic E-state index is 12.1. The number of methoxy groups -OCH3 is 1. The van der Waals surface area contributed by atoms with Crippen molar-refractivity contribution in [2.45, 2.75) is 19.4 Å². The highest BCUT2D eigenvalue weighted by atomic mass is 79.9. The number of hydrogen-bond donors (Lipinski definition) is 1. The lowest BCUT2D eigenvalue weighted by atomic mass is 10.1. The van der Waals surface area contributed by atoms with Crippen LogP contribution in [0.2, 0.25) is 0 Å². The lowest BCUT2D eigenvalue weighted by molar-refractivity contribution is -0.130. The number of aryl methyl sites for hydroxylation is 1. The van der Waals surface area contributed by atoms with Crippen LogP contribution < -0.4 is 4.74 Å². The van der Waals surface area contributed by atoms with Gasteiger partial charge in [-0.2, -0.15) is 0 Å². The lowest BCUT2D eigenvalue weighted by Gasteiger charge is -2.15. The molecule has 0 unspecified atom stereocenters. The molecule has 1 amide bonds. The predicted molar refractivity (Wildman–Crippen MR) is 84.1 cm³/mol. The molecule has 0 saturated heterocycles. The van der Waals surface area contributed by atoms with Crippen molar-refractivity contribution >= 4 is 21.8 Å². The van der Waals surface area contributed by atoms with E-state index in [2.05, 4.69) is 25.9 Å². The average molecular weight is 352 g/mol. The van der Waals surface area contributed by atoms with Crippen LogP contribution in [-0.4, -0.2) is 34.9 Å². The zero-order valence-electron chi connectivity index (χ0n) is 12.1. The average Bonchev–Trinajstić information content (AvgIpc) is 2.97. The highest BCUT2D eigenvalue weighted by molar-refractivity contribution is 9.10. The van der Waals surface area contributed by atoms with Gasteiger partial charge in [0.1, 0.15) is 11.6 Å². The summed E-state index contributed by atoms with van der Waals surface area (Å²) in [6, 6.07) is 5.86. The fourth-order valence-corrected chi connectivity index (χ4v) is 2.59. The van der Waals surface area contributed by atoms with Gasteiger partial charge in [-0.15, -0.1) is 0 Å². The summed E-state index contributed by atoms with van der Waals surface area (Å²) in [6.07, 6.45) is 4.60. The fourth-order valence-electron chi connectivity index (χ4n) is 2.00. The van der Waals surface area contributed by atoms with Crippen molar-refractivity contribution in [2.24, 2.45) is 0 Å². The number of ether oxygens (including phenoxy) is 1. The molecule has 1 N–H and O–H groups in total. The lowest BCUT2D eigenvalue weighted by Crippen LogP contribution is -2.26. The van der Waals surface area contributed by atoms with Crippen molar-refractivity contribution < 1.29 is 9.53 Å². The molecule has 0 aliphatic heterocycles. The number of benzene rings is 1. The number of aromatic amines is 1. The molecule has 0 fully saturated rings. The van der Waals surface area contributed by atoms with Crippen molar-refractivity contribution in [2.75, 3.05) is 14.2 Å². The molecule has 0 radical (unpaired) electrons. The molecule has 0 spiro atoms. The molecular formula is C15H18BrN3O2. The van der Waals surface area contributed by atoms with Crippen LogP contribution in [0.25, 0.3) is 0 Å². The van der Waals surface area contributed by atoms with E-state index in [0.717, 1.165) is 21.6 Å². The Morgan fingerprint density at radius 2 is 2.29 bits per heavy atom. The second-order valence-electron chi connectivity index (χ2n) is 4.75. The van der Waals surface area contributed by atoms with Gasteiger partial charge in [0.2, 0.25) is 5.91 Å². The molecule has 0 atom stereocenters. The molecule has 6 heteroatoms. The van der Waals surface area contributed by atoms with Crippen LogP contribution in [0.15, 0.2) is 35.1 Å². The number of rotatable bonds is 6. The molecular weight excluding hydrogens is 334 g/mol. The Kier molecular flexibility index (Phi) is 5.38. The van der Waals surface area contributed by atoms with E-state index in [-0.39, 0.29) is 5.91 Å². The van der Waals surface area contributed by atoms with Gasteiger partial charge in [-0.05, 0) is 40.0 Å². The van der Waals surface area contributed by atoms with Gasteiger partial charge >= 0.3 is 0 Å². The summed E-state index contributed by atoms with van der Waals surface area (Å²) in [5, 5.41) is 0. The van der Waals surface area contributed by atoms with Crippen molar-refractivity contribution in [1.82, 2.24) is 14.9 Å². The molecule has 0 aliphatic carbocycles. The minimum atomic E-state index is 0.0957. The van der Waals surface area contributed by atoms with Crippen molar-refractivity contribution in [3.63, 3.8) is 0 Å². The number of nitrogens with one attached hydrogen (secondary N) is 1. The maximum atomic E-state index is 12.1. The van der Waals surface area contributed by atoms with E-state index in [1.807, 2.05) is 18.2 Å². The molecule has 112 valence electrons. The molecule has 2 aromatic rings. The number of carbonyl (C=O) groups excluding carboxylic acids is 1. The third-order valence-electron chi connectivity index (χ3n) is 3.21. The van der Waals surface area contributed by atoms with Crippen LogP contribution in [0.3, 0.4) is 0 Å². The third kappa shape index (κ3) is 4.32. The van der Waals surface area contributed by atoms with Crippen LogP contribution in [0.5, 0.6) is 5.75 Å². The summed E-state index contributed by atoms with van der Waals surface area (Å²) in [4.78, 5) is 20.9. The second-order valence-corrected chi connectivity index (χ2v) is 5.61. The van der Waals surface area contributed by atoms with Gasteiger partial charge in [-0.25, -0.2) is 4.98 Å². The Morgan fingerprint density at radius 3 is 2.90 bits per heavy atom. The largest absolute Gasteiger partial charge is 0.496 e. The van der Waals surface area contributed by atoms with Crippen LogP contribution in [0, 0.1) is 0 Å². The first kappa shape index (κ1) is 15.6. The number of H-pyrrole nitrogens is 1. The van der Waals surface area contributed by atoms with Gasteiger partial charge in [0.05, 0.1) is 18.1 Å². The van der Waals surface area contributed by atoms with E-state index in [1.165, 1.54) is 0 Å². The van der Waals surface area contributed by atoms with E-state index in [9.17, 15) is 4.79 Å². The molecule has 2 rings (SSSR count). The number of amides is 1. The first-order chi connectivity index (χ1) is 10.1. The molecule has 1 aromatic heterocycles. The Bertz CT molecular complexity index is 599. The minimum absolute atomic E-state index is 0.0957. The van der Waals surface area contributed by atoms with Gasteiger partial charge in [0.25, 0.3) is 0 Å². The quantitative estimate of drug-likeness (QED) is 0.870. The van der Waals surface area contributed by atoms with Gasteiger partial charge in [-0.3, -0.25) is 4.79 Å². The number of carbonyl (C=O) groups is 1. The fraction of sp³-hybridized carbons (Fsp3) is 0.333. The van der Waals surface area contributed by atoms with E-state index < -0.39 is 0 Å². The smallest absolute Gasteiger partial charge is 0.223 e. The molecule has 0 aliphatic rings. The van der Waals surface area contributed by atoms with Gasteiger partial charge < -0.3 is 14.6 Å². The SMILES string of the molecule is COc1ccc(CCC(=O)N(C)Cc2ncc[nH]2)cc1Br. The van der Waals surface area contributed by atoms with Crippen molar-refractivity contribution in [3.05, 3.63) is 46.5 Å². The Labute approximate surface area is 132 Å². The number of hydrogen-bond acceptors (Lipinski definition) is 3. The number of imidazole rings is 1. The topological polar surface area (TPSA) is 58.2 Å². The van der Waals surface area contributed by atoms with Gasteiger partial charge in [0.15, 0.2) is 0 Å². The molecule has 1 aromatic carbocycles. The summed E-state index contributed by atoms with van der Waals surface area (Å²) >= 11 is 3.45. The predicted octanol–water partition coefficient (Wildman–Crippen LogP) is 2.77.